The quantitative estimate of drug-likeness (QED) is 0.452. The highest BCUT2D eigenvalue weighted by atomic mass is 16.6. The molecule has 0 bridgehead atoms. The van der Waals surface area contributed by atoms with Gasteiger partial charge in [0.2, 0.25) is 5.91 Å². The van der Waals surface area contributed by atoms with Crippen LogP contribution in [0.15, 0.2) is 0 Å². The van der Waals surface area contributed by atoms with Gasteiger partial charge in [0.15, 0.2) is 12.2 Å². The van der Waals surface area contributed by atoms with E-state index >= 15 is 0 Å². The van der Waals surface area contributed by atoms with Gasteiger partial charge in [-0.2, -0.15) is 0 Å². The summed E-state index contributed by atoms with van der Waals surface area (Å²) in [5.41, 5.74) is 0. The Labute approximate surface area is 126 Å². The van der Waals surface area contributed by atoms with Crippen LogP contribution in [0.4, 0.5) is 0 Å². The first-order chi connectivity index (χ1) is 10.5. The van der Waals surface area contributed by atoms with Crippen molar-refractivity contribution in [2.75, 3.05) is 19.7 Å². The number of likely N-dealkylation sites (tertiary alicyclic amines) is 1. The van der Waals surface area contributed by atoms with E-state index in [1.165, 1.54) is 4.90 Å². The van der Waals surface area contributed by atoms with Crippen molar-refractivity contribution in [3.8, 4) is 0 Å². The van der Waals surface area contributed by atoms with Crippen LogP contribution in [0.25, 0.3) is 0 Å². The molecule has 9 heteroatoms. The summed E-state index contributed by atoms with van der Waals surface area (Å²) < 4.78 is 9.61. The summed E-state index contributed by atoms with van der Waals surface area (Å²) in [6.45, 7) is 1.87. The first-order valence-electron chi connectivity index (χ1n) is 7.07. The standard InChI is InChI=1S/C13H18N2O7/c1-2-21-13(20)10-9(22-10)11(17)14-6-8(16)15-5-3-4-7(15)12(18)19/h7,9-10H,2-6H2,1H3,(H,14,17)(H,18,19). The minimum atomic E-state index is -1.05. The Morgan fingerprint density at radius 1 is 1.32 bits per heavy atom. The molecule has 2 N–H and O–H groups in total. The number of rotatable bonds is 6. The van der Waals surface area contributed by atoms with Gasteiger partial charge in [0.25, 0.3) is 5.91 Å². The molecule has 2 rings (SSSR count). The summed E-state index contributed by atoms with van der Waals surface area (Å²) in [6, 6.07) is -0.839. The number of carboxylic acid groups (broad SMARTS) is 1. The van der Waals surface area contributed by atoms with E-state index < -0.39 is 42.0 Å². The SMILES string of the molecule is CCOC(=O)C1OC1C(=O)NCC(=O)N1CCCC1C(=O)O. The summed E-state index contributed by atoms with van der Waals surface area (Å²) in [5.74, 6) is -2.71. The van der Waals surface area contributed by atoms with Crippen LogP contribution in [0.2, 0.25) is 0 Å². The minimum absolute atomic E-state index is 0.192. The minimum Gasteiger partial charge on any atom is -0.480 e. The molecule has 2 saturated heterocycles. The van der Waals surface area contributed by atoms with Crippen molar-refractivity contribution in [1.82, 2.24) is 10.2 Å². The van der Waals surface area contributed by atoms with Crippen LogP contribution < -0.4 is 5.32 Å². The molecular weight excluding hydrogens is 296 g/mol. The molecule has 0 aromatic heterocycles. The van der Waals surface area contributed by atoms with Crippen LogP contribution in [0.5, 0.6) is 0 Å². The predicted molar refractivity (Wildman–Crippen MR) is 70.7 cm³/mol. The number of hydrogen-bond acceptors (Lipinski definition) is 6. The van der Waals surface area contributed by atoms with E-state index in [1.807, 2.05) is 0 Å². The van der Waals surface area contributed by atoms with Crippen LogP contribution in [-0.2, 0) is 28.7 Å². The molecule has 2 aliphatic heterocycles. The molecular formula is C13H18N2O7. The molecule has 2 amide bonds. The third-order valence-electron chi connectivity index (χ3n) is 3.54. The van der Waals surface area contributed by atoms with Gasteiger partial charge in [-0.05, 0) is 19.8 Å². The monoisotopic (exact) mass is 314 g/mol. The van der Waals surface area contributed by atoms with E-state index in [-0.39, 0.29) is 13.2 Å². The van der Waals surface area contributed by atoms with Crippen molar-refractivity contribution >= 4 is 23.8 Å². The number of esters is 1. The highest BCUT2D eigenvalue weighted by Gasteiger charge is 2.51. The molecule has 9 nitrogen and oxygen atoms in total. The van der Waals surface area contributed by atoms with Crippen molar-refractivity contribution in [2.45, 2.75) is 38.0 Å². The van der Waals surface area contributed by atoms with Gasteiger partial charge < -0.3 is 24.8 Å². The second kappa shape index (κ2) is 6.73. The smallest absolute Gasteiger partial charge is 0.338 e. The molecule has 2 fully saturated rings. The summed E-state index contributed by atoms with van der Waals surface area (Å²) in [4.78, 5) is 47.2. The maximum atomic E-state index is 11.9. The summed E-state index contributed by atoms with van der Waals surface area (Å²) >= 11 is 0. The van der Waals surface area contributed by atoms with E-state index in [1.54, 1.807) is 6.92 Å². The van der Waals surface area contributed by atoms with Crippen molar-refractivity contribution < 1.29 is 33.8 Å². The summed E-state index contributed by atoms with van der Waals surface area (Å²) in [6.07, 6.45) is -0.840. The lowest BCUT2D eigenvalue weighted by molar-refractivity contribution is -0.148. The molecule has 22 heavy (non-hydrogen) atoms. The van der Waals surface area contributed by atoms with Gasteiger partial charge in [-0.1, -0.05) is 0 Å². The van der Waals surface area contributed by atoms with E-state index in [9.17, 15) is 19.2 Å². The number of amides is 2. The van der Waals surface area contributed by atoms with Gasteiger partial charge in [0.05, 0.1) is 13.2 Å². The largest absolute Gasteiger partial charge is 0.480 e. The van der Waals surface area contributed by atoms with Crippen molar-refractivity contribution in [3.63, 3.8) is 0 Å². The topological polar surface area (TPSA) is 126 Å². The number of ether oxygens (including phenoxy) is 2. The Morgan fingerprint density at radius 3 is 2.68 bits per heavy atom. The van der Waals surface area contributed by atoms with Gasteiger partial charge >= 0.3 is 11.9 Å². The first-order valence-corrected chi connectivity index (χ1v) is 7.07. The molecule has 0 radical (unpaired) electrons. The van der Waals surface area contributed by atoms with Gasteiger partial charge in [0.1, 0.15) is 6.04 Å². The number of carbonyl (C=O) groups excluding carboxylic acids is 3. The molecule has 0 aliphatic carbocycles. The third-order valence-corrected chi connectivity index (χ3v) is 3.54. The second-order valence-corrected chi connectivity index (χ2v) is 5.03. The van der Waals surface area contributed by atoms with Crippen LogP contribution in [0, 0.1) is 0 Å². The van der Waals surface area contributed by atoms with E-state index in [4.69, 9.17) is 14.6 Å². The molecule has 0 saturated carbocycles. The fourth-order valence-electron chi connectivity index (χ4n) is 2.40. The van der Waals surface area contributed by atoms with Crippen LogP contribution in [0.3, 0.4) is 0 Å². The normalized spacial score (nSPS) is 26.4. The maximum absolute atomic E-state index is 11.9. The van der Waals surface area contributed by atoms with Crippen LogP contribution in [-0.4, -0.2) is 71.7 Å². The van der Waals surface area contributed by atoms with Gasteiger partial charge in [-0.3, -0.25) is 9.59 Å². The molecule has 2 aliphatic rings. The zero-order valence-electron chi connectivity index (χ0n) is 12.1. The Bertz CT molecular complexity index is 493. The number of aliphatic carboxylic acids is 1. The molecule has 122 valence electrons. The molecule has 0 spiro atoms. The van der Waals surface area contributed by atoms with E-state index in [0.717, 1.165) is 0 Å². The third kappa shape index (κ3) is 3.53. The number of hydrogen-bond donors (Lipinski definition) is 2. The van der Waals surface area contributed by atoms with Gasteiger partial charge in [-0.15, -0.1) is 0 Å². The van der Waals surface area contributed by atoms with Crippen LogP contribution in [0.1, 0.15) is 19.8 Å². The zero-order chi connectivity index (χ0) is 16.3. The molecule has 2 heterocycles. The lowest BCUT2D eigenvalue weighted by Crippen LogP contribution is -2.46. The summed E-state index contributed by atoms with van der Waals surface area (Å²) in [5, 5.41) is 11.4. The van der Waals surface area contributed by atoms with Crippen molar-refractivity contribution in [2.24, 2.45) is 0 Å². The number of epoxide rings is 1. The van der Waals surface area contributed by atoms with E-state index in [2.05, 4.69) is 5.32 Å². The first kappa shape index (κ1) is 16.2. The van der Waals surface area contributed by atoms with E-state index in [0.29, 0.717) is 19.4 Å². The molecule has 0 aromatic rings. The lowest BCUT2D eigenvalue weighted by atomic mass is 10.2. The highest BCUT2D eigenvalue weighted by molar-refractivity contribution is 5.95. The highest BCUT2D eigenvalue weighted by Crippen LogP contribution is 2.23. The zero-order valence-corrected chi connectivity index (χ0v) is 12.1. The molecule has 3 unspecified atom stereocenters. The number of carbonyl (C=O) groups is 4. The fourth-order valence-corrected chi connectivity index (χ4v) is 2.40. The second-order valence-electron chi connectivity index (χ2n) is 5.03. The molecule has 0 aromatic carbocycles. The number of nitrogens with one attached hydrogen (secondary N) is 1. The predicted octanol–water partition coefficient (Wildman–Crippen LogP) is -1.49. The number of carboxylic acids is 1. The van der Waals surface area contributed by atoms with Crippen molar-refractivity contribution in [1.29, 1.82) is 0 Å². The van der Waals surface area contributed by atoms with Gasteiger partial charge in [0, 0.05) is 6.54 Å². The van der Waals surface area contributed by atoms with Crippen LogP contribution >= 0.6 is 0 Å². The lowest BCUT2D eigenvalue weighted by Gasteiger charge is -2.21. The fraction of sp³-hybridized carbons (Fsp3) is 0.692. The van der Waals surface area contributed by atoms with Crippen molar-refractivity contribution in [3.05, 3.63) is 0 Å². The Kier molecular flexibility index (Phi) is 4.96. The average Bonchev–Trinajstić information content (AvgIpc) is 3.12. The average molecular weight is 314 g/mol. The molecule has 3 atom stereocenters. The Balaban J connectivity index is 1.76. The van der Waals surface area contributed by atoms with Gasteiger partial charge in [-0.25, -0.2) is 9.59 Å². The Hall–Kier alpha value is -2.16. The summed E-state index contributed by atoms with van der Waals surface area (Å²) in [7, 11) is 0. The number of nitrogens with zero attached hydrogens (tertiary/aromatic N) is 1. The maximum Gasteiger partial charge on any atom is 0.338 e. The Morgan fingerprint density at radius 2 is 2.05 bits per heavy atom.